The van der Waals surface area contributed by atoms with Gasteiger partial charge in [-0.3, -0.25) is 4.79 Å². The molecule has 5 nitrogen and oxygen atoms in total. The van der Waals surface area contributed by atoms with E-state index in [0.717, 1.165) is 16.0 Å². The highest BCUT2D eigenvalue weighted by Crippen LogP contribution is 2.26. The number of benzene rings is 1. The molecule has 0 aliphatic heterocycles. The second kappa shape index (κ2) is 6.59. The monoisotopic (exact) mass is 342 g/mol. The van der Waals surface area contributed by atoms with Crippen LogP contribution in [0.2, 0.25) is 0 Å². The summed E-state index contributed by atoms with van der Waals surface area (Å²) in [5, 5.41) is 15.1. The van der Waals surface area contributed by atoms with Crippen molar-refractivity contribution in [3.05, 3.63) is 64.3 Å². The van der Waals surface area contributed by atoms with E-state index in [1.54, 1.807) is 6.92 Å². The molecule has 124 valence electrons. The molecule has 0 unspecified atom stereocenters. The smallest absolute Gasteiger partial charge is 0.274 e. The quantitative estimate of drug-likeness (QED) is 0.745. The molecule has 0 radical (unpaired) electrons. The van der Waals surface area contributed by atoms with Crippen LogP contribution in [0.25, 0.3) is 11.3 Å². The fourth-order valence-corrected chi connectivity index (χ4v) is 3.11. The van der Waals surface area contributed by atoms with Crippen LogP contribution in [-0.2, 0) is 5.60 Å². The lowest BCUT2D eigenvalue weighted by molar-refractivity contribution is 0.0555. The summed E-state index contributed by atoms with van der Waals surface area (Å²) in [6, 6.07) is 11.4. The maximum absolute atomic E-state index is 12.4. The molecule has 3 aromatic rings. The normalized spacial score (nSPS) is 13.5. The fraction of sp³-hybridized carbons (Fsp3) is 0.222. The average molecular weight is 342 g/mol. The van der Waals surface area contributed by atoms with Crippen LogP contribution in [0.5, 0.6) is 0 Å². The molecule has 0 bridgehead atoms. The second-order valence-electron chi connectivity index (χ2n) is 5.83. The third-order valence-electron chi connectivity index (χ3n) is 3.74. The van der Waals surface area contributed by atoms with Gasteiger partial charge in [0.1, 0.15) is 5.60 Å². The Morgan fingerprint density at radius 2 is 2.08 bits per heavy atom. The van der Waals surface area contributed by atoms with Gasteiger partial charge in [0.05, 0.1) is 6.54 Å². The van der Waals surface area contributed by atoms with Gasteiger partial charge >= 0.3 is 0 Å². The first-order valence-electron chi connectivity index (χ1n) is 7.52. The Labute approximate surface area is 144 Å². The van der Waals surface area contributed by atoms with Gasteiger partial charge in [-0.05, 0) is 25.3 Å². The van der Waals surface area contributed by atoms with Crippen LogP contribution >= 0.6 is 11.3 Å². The molecule has 0 aliphatic carbocycles. The van der Waals surface area contributed by atoms with E-state index in [9.17, 15) is 9.90 Å². The molecule has 2 heterocycles. The lowest BCUT2D eigenvalue weighted by Gasteiger charge is -2.22. The Balaban J connectivity index is 1.75. The van der Waals surface area contributed by atoms with Crippen molar-refractivity contribution in [2.75, 3.05) is 6.54 Å². The van der Waals surface area contributed by atoms with E-state index in [1.165, 1.54) is 17.7 Å². The molecule has 6 heteroatoms. The van der Waals surface area contributed by atoms with Gasteiger partial charge in [-0.25, -0.2) is 4.98 Å². The van der Waals surface area contributed by atoms with Crippen LogP contribution in [0.15, 0.2) is 52.6 Å². The standard InChI is InChI=1S/C18H18N2O3S/c1-12-5-7-13(8-6-12)16-15(20-11-23-16)17(21)19-10-18(2,22)14-4-3-9-24-14/h3-9,11,22H,10H2,1-2H3,(H,19,21)/t18-/m0/s1. The molecule has 0 spiro atoms. The van der Waals surface area contributed by atoms with Crippen molar-refractivity contribution in [3.8, 4) is 11.3 Å². The topological polar surface area (TPSA) is 75.4 Å². The predicted octanol–water partition coefficient (Wildman–Crippen LogP) is 3.35. The maximum atomic E-state index is 12.4. The highest BCUT2D eigenvalue weighted by atomic mass is 32.1. The van der Waals surface area contributed by atoms with Crippen molar-refractivity contribution in [1.82, 2.24) is 10.3 Å². The summed E-state index contributed by atoms with van der Waals surface area (Å²) in [4.78, 5) is 17.3. The molecule has 0 aliphatic rings. The van der Waals surface area contributed by atoms with Crippen molar-refractivity contribution in [3.63, 3.8) is 0 Å². The number of rotatable bonds is 5. The number of nitrogens with one attached hydrogen (secondary N) is 1. The molecular formula is C18H18N2O3S. The van der Waals surface area contributed by atoms with Crippen molar-refractivity contribution < 1.29 is 14.3 Å². The summed E-state index contributed by atoms with van der Waals surface area (Å²) in [7, 11) is 0. The van der Waals surface area contributed by atoms with Crippen LogP contribution in [-0.4, -0.2) is 22.5 Å². The van der Waals surface area contributed by atoms with E-state index in [4.69, 9.17) is 4.42 Å². The third-order valence-corrected chi connectivity index (χ3v) is 4.86. The van der Waals surface area contributed by atoms with E-state index in [2.05, 4.69) is 10.3 Å². The Kier molecular flexibility index (Phi) is 4.51. The van der Waals surface area contributed by atoms with Gasteiger partial charge in [0.25, 0.3) is 5.91 Å². The first-order valence-corrected chi connectivity index (χ1v) is 8.40. The summed E-state index contributed by atoms with van der Waals surface area (Å²) in [5.74, 6) is 0.0411. The van der Waals surface area contributed by atoms with E-state index in [0.29, 0.717) is 5.76 Å². The number of thiophene rings is 1. The lowest BCUT2D eigenvalue weighted by atomic mass is 10.0. The van der Waals surface area contributed by atoms with Gasteiger partial charge in [-0.15, -0.1) is 11.3 Å². The molecule has 1 aromatic carbocycles. The summed E-state index contributed by atoms with van der Waals surface area (Å²) in [6.07, 6.45) is 1.25. The van der Waals surface area contributed by atoms with Crippen LogP contribution < -0.4 is 5.32 Å². The minimum absolute atomic E-state index is 0.0898. The molecule has 0 saturated heterocycles. The lowest BCUT2D eigenvalue weighted by Crippen LogP contribution is -2.38. The Morgan fingerprint density at radius 3 is 2.75 bits per heavy atom. The summed E-state index contributed by atoms with van der Waals surface area (Å²) < 4.78 is 5.38. The molecule has 24 heavy (non-hydrogen) atoms. The molecule has 0 saturated carbocycles. The number of nitrogens with zero attached hydrogens (tertiary/aromatic N) is 1. The highest BCUT2D eigenvalue weighted by molar-refractivity contribution is 7.10. The number of oxazole rings is 1. The number of hydrogen-bond acceptors (Lipinski definition) is 5. The Hall–Kier alpha value is -2.44. The minimum Gasteiger partial charge on any atom is -0.443 e. The molecule has 1 atom stereocenters. The number of amides is 1. The third kappa shape index (κ3) is 3.39. The van der Waals surface area contributed by atoms with E-state index in [1.807, 2.05) is 48.7 Å². The average Bonchev–Trinajstić information content (AvgIpc) is 3.25. The molecule has 3 rings (SSSR count). The number of carbonyl (C=O) groups is 1. The van der Waals surface area contributed by atoms with Crippen molar-refractivity contribution >= 4 is 17.2 Å². The van der Waals surface area contributed by atoms with Crippen molar-refractivity contribution in [2.45, 2.75) is 19.4 Å². The van der Waals surface area contributed by atoms with Gasteiger partial charge in [0, 0.05) is 10.4 Å². The van der Waals surface area contributed by atoms with Gasteiger partial charge in [-0.2, -0.15) is 0 Å². The Bertz CT molecular complexity index is 820. The molecular weight excluding hydrogens is 324 g/mol. The number of hydrogen-bond donors (Lipinski definition) is 2. The maximum Gasteiger partial charge on any atom is 0.274 e. The van der Waals surface area contributed by atoms with Gasteiger partial charge in [0.2, 0.25) is 0 Å². The zero-order chi connectivity index (χ0) is 17.2. The zero-order valence-corrected chi connectivity index (χ0v) is 14.3. The minimum atomic E-state index is -1.13. The van der Waals surface area contributed by atoms with Crippen LogP contribution in [0, 0.1) is 6.92 Å². The van der Waals surface area contributed by atoms with Crippen LogP contribution in [0.3, 0.4) is 0 Å². The zero-order valence-electron chi connectivity index (χ0n) is 13.4. The number of carbonyl (C=O) groups excluding carboxylic acids is 1. The van der Waals surface area contributed by atoms with Gasteiger partial charge in [0.15, 0.2) is 17.8 Å². The van der Waals surface area contributed by atoms with E-state index < -0.39 is 5.60 Å². The first-order chi connectivity index (χ1) is 11.5. The highest BCUT2D eigenvalue weighted by Gasteiger charge is 2.26. The van der Waals surface area contributed by atoms with Gasteiger partial charge < -0.3 is 14.8 Å². The largest absolute Gasteiger partial charge is 0.443 e. The molecule has 1 amide bonds. The number of aromatic nitrogens is 1. The fourth-order valence-electron chi connectivity index (χ4n) is 2.33. The predicted molar refractivity (Wildman–Crippen MR) is 92.9 cm³/mol. The summed E-state index contributed by atoms with van der Waals surface area (Å²) >= 11 is 1.44. The molecule has 0 fully saturated rings. The second-order valence-corrected chi connectivity index (χ2v) is 6.78. The van der Waals surface area contributed by atoms with Crippen LogP contribution in [0.4, 0.5) is 0 Å². The van der Waals surface area contributed by atoms with Crippen LogP contribution in [0.1, 0.15) is 27.9 Å². The van der Waals surface area contributed by atoms with E-state index in [-0.39, 0.29) is 18.1 Å². The molecule has 2 aromatic heterocycles. The number of aliphatic hydroxyl groups is 1. The Morgan fingerprint density at radius 1 is 1.33 bits per heavy atom. The van der Waals surface area contributed by atoms with Crippen molar-refractivity contribution in [2.24, 2.45) is 0 Å². The number of aryl methyl sites for hydroxylation is 1. The molecule has 2 N–H and O–H groups in total. The SMILES string of the molecule is Cc1ccc(-c2ocnc2C(=O)NC[C@](C)(O)c2cccs2)cc1. The van der Waals surface area contributed by atoms with Gasteiger partial charge in [-0.1, -0.05) is 35.9 Å². The summed E-state index contributed by atoms with van der Waals surface area (Å²) in [5.41, 5.74) is 0.989. The van der Waals surface area contributed by atoms with Crippen molar-refractivity contribution in [1.29, 1.82) is 0 Å². The first kappa shape index (κ1) is 16.4. The van der Waals surface area contributed by atoms with E-state index >= 15 is 0 Å². The summed E-state index contributed by atoms with van der Waals surface area (Å²) in [6.45, 7) is 3.75.